The van der Waals surface area contributed by atoms with E-state index in [0.717, 1.165) is 5.75 Å². The molecule has 0 N–H and O–H groups in total. The van der Waals surface area contributed by atoms with Crippen molar-refractivity contribution in [2.45, 2.75) is 8.36 Å². The van der Waals surface area contributed by atoms with Crippen LogP contribution in [0.4, 0.5) is 0 Å². The van der Waals surface area contributed by atoms with E-state index in [1.807, 2.05) is 0 Å². The number of fused-ring (bicyclic) bond motifs is 1. The molecule has 3 rings (SSSR count). The van der Waals surface area contributed by atoms with Gasteiger partial charge in [0.1, 0.15) is 0 Å². The summed E-state index contributed by atoms with van der Waals surface area (Å²) < 4.78 is 9.00. The summed E-state index contributed by atoms with van der Waals surface area (Å²) in [6.45, 7) is 0. The molecule has 1 aliphatic rings. The van der Waals surface area contributed by atoms with Gasteiger partial charge in [-0.1, -0.05) is 0 Å². The minimum absolute atomic E-state index is 1.14. The van der Waals surface area contributed by atoms with E-state index < -0.39 is 36.1 Å². The van der Waals surface area contributed by atoms with E-state index >= 15 is 0 Å². The van der Waals surface area contributed by atoms with Crippen LogP contribution in [-0.2, 0) is 6.42 Å². The number of benzene rings is 2. The van der Waals surface area contributed by atoms with Crippen LogP contribution < -0.4 is 2.03 Å². The van der Waals surface area contributed by atoms with E-state index in [1.165, 1.54) is 15.0 Å². The fraction of sp³-hybridized carbons (Fsp3) is 0.143. The first-order chi connectivity index (χ1) is 7.93. The third-order valence-electron chi connectivity index (χ3n) is 2.92. The van der Waals surface area contributed by atoms with Crippen molar-refractivity contribution in [3.05, 3.63) is 60.2 Å². The van der Waals surface area contributed by atoms with Crippen molar-refractivity contribution >= 4 is 1.08 Å². The van der Waals surface area contributed by atoms with Gasteiger partial charge in [0.05, 0.1) is 0 Å². The zero-order valence-corrected chi connectivity index (χ0v) is 12.2. The van der Waals surface area contributed by atoms with Crippen molar-refractivity contribution in [2.75, 3.05) is 0 Å². The zero-order chi connectivity index (χ0) is 10.8. The predicted molar refractivity (Wildman–Crippen MR) is 61.7 cm³/mol. The summed E-state index contributed by atoms with van der Waals surface area (Å²) in [6.07, 6.45) is 1.20. The molecule has 0 amide bonds. The van der Waals surface area contributed by atoms with E-state index in [0.29, 0.717) is 0 Å². The number of hydrogen-bond acceptors (Lipinski definition) is 1. The third-order valence-corrected chi connectivity index (χ3v) is 9.67. The molecule has 2 heteroatoms. The van der Waals surface area contributed by atoms with Crippen molar-refractivity contribution in [1.82, 2.24) is 0 Å². The second-order valence-electron chi connectivity index (χ2n) is 4.00. The molecule has 0 spiro atoms. The quantitative estimate of drug-likeness (QED) is 0.778. The molecule has 16 heavy (non-hydrogen) atoms. The van der Waals surface area contributed by atoms with E-state index in [9.17, 15) is 0 Å². The van der Waals surface area contributed by atoms with E-state index in [-0.39, 0.29) is 0 Å². The Morgan fingerprint density at radius 1 is 0.875 bits per heavy atom. The Morgan fingerprint density at radius 2 is 1.62 bits per heavy atom. The molecule has 0 fully saturated rings. The molecule has 0 unspecified atom stereocenters. The van der Waals surface area contributed by atoms with Crippen LogP contribution in [0, 0.1) is 36.1 Å². The van der Waals surface area contributed by atoms with Crippen LogP contribution in [0.2, 0.25) is 1.94 Å². The van der Waals surface area contributed by atoms with Gasteiger partial charge in [0.25, 0.3) is 0 Å². The summed E-state index contributed by atoms with van der Waals surface area (Å²) in [6, 6.07) is 19.2. The van der Waals surface area contributed by atoms with Crippen LogP contribution in [0.15, 0.2) is 54.6 Å². The molecule has 0 aliphatic carbocycles. The average molecular weight is 337 g/mol. The summed E-state index contributed by atoms with van der Waals surface area (Å²) in [5.74, 6) is 1.14. The van der Waals surface area contributed by atoms with Crippen LogP contribution in [0.3, 0.4) is 0 Å². The van der Waals surface area contributed by atoms with Crippen LogP contribution in [0.5, 0.6) is 5.75 Å². The second kappa shape index (κ2) is 4.86. The number of hydrogen-bond donors (Lipinski definition) is 0. The van der Waals surface area contributed by atoms with Crippen LogP contribution in [-0.4, -0.2) is 0 Å². The molecule has 0 saturated carbocycles. The Hall–Kier alpha value is -0.383. The molecular formula is C14H13CeO. The van der Waals surface area contributed by atoms with E-state index in [1.54, 1.807) is 0 Å². The molecule has 1 nitrogen and oxygen atoms in total. The molecule has 0 atom stereocenters. The van der Waals surface area contributed by atoms with Crippen LogP contribution in [0.1, 0.15) is 5.56 Å². The van der Waals surface area contributed by atoms with E-state index in [2.05, 4.69) is 54.6 Å². The molecule has 0 saturated heterocycles. The summed E-state index contributed by atoms with van der Waals surface area (Å²) >= 11 is -1.99. The first-order valence-corrected chi connectivity index (χ1v) is 10.7. The predicted octanol–water partition coefficient (Wildman–Crippen LogP) is 2.90. The SMILES string of the molecule is c1cc[c]([Ce]2[CH2]Cc3ccccc3[O]2)cc1. The fourth-order valence-electron chi connectivity index (χ4n) is 2.07. The number of para-hydroxylation sites is 1. The number of aryl methyl sites for hydroxylation is 1. The fourth-order valence-corrected chi connectivity index (χ4v) is 8.46. The van der Waals surface area contributed by atoms with Crippen molar-refractivity contribution < 1.29 is 37.0 Å². The molecule has 2 aromatic rings. The Kier molecular flexibility index (Phi) is 3.26. The van der Waals surface area contributed by atoms with Crippen molar-refractivity contribution in [3.8, 4) is 5.75 Å². The van der Waals surface area contributed by atoms with Gasteiger partial charge in [-0.05, 0) is 0 Å². The van der Waals surface area contributed by atoms with Gasteiger partial charge in [-0.25, -0.2) is 0 Å². The van der Waals surface area contributed by atoms with Gasteiger partial charge in [-0.2, -0.15) is 0 Å². The monoisotopic (exact) mass is 337 g/mol. The van der Waals surface area contributed by atoms with Crippen molar-refractivity contribution in [3.63, 3.8) is 0 Å². The van der Waals surface area contributed by atoms with Gasteiger partial charge in [0, 0.05) is 0 Å². The minimum atomic E-state index is -1.99. The summed E-state index contributed by atoms with van der Waals surface area (Å²) in [5.41, 5.74) is 1.38. The van der Waals surface area contributed by atoms with Crippen molar-refractivity contribution in [1.29, 1.82) is 0 Å². The van der Waals surface area contributed by atoms with Gasteiger partial charge in [-0.15, -0.1) is 0 Å². The van der Waals surface area contributed by atoms with Gasteiger partial charge in [0.2, 0.25) is 0 Å². The van der Waals surface area contributed by atoms with Gasteiger partial charge >= 0.3 is 112 Å². The van der Waals surface area contributed by atoms with Crippen LogP contribution >= 0.6 is 0 Å². The summed E-state index contributed by atoms with van der Waals surface area (Å²) in [7, 11) is 0. The third kappa shape index (κ3) is 2.17. The maximum absolute atomic E-state index is 6.23. The number of rotatable bonds is 1. The molecule has 2 aromatic carbocycles. The molecule has 1 aliphatic heterocycles. The molecule has 0 radical (unpaired) electrons. The summed E-state index contributed by atoms with van der Waals surface area (Å²) in [4.78, 5) is 0. The molecule has 0 bridgehead atoms. The molecule has 1 heterocycles. The molecule has 79 valence electrons. The van der Waals surface area contributed by atoms with Gasteiger partial charge in [-0.3, -0.25) is 0 Å². The topological polar surface area (TPSA) is 9.23 Å². The Labute approximate surface area is 111 Å². The average Bonchev–Trinajstić information content (AvgIpc) is 2.39. The normalized spacial score (nSPS) is 14.1. The second-order valence-corrected chi connectivity index (χ2v) is 10.7. The van der Waals surface area contributed by atoms with E-state index in [4.69, 9.17) is 0.951 Å². The first-order valence-electron chi connectivity index (χ1n) is 5.60. The van der Waals surface area contributed by atoms with Crippen molar-refractivity contribution in [2.24, 2.45) is 0 Å². The maximum atomic E-state index is 6.23. The Morgan fingerprint density at radius 3 is 2.50 bits per heavy atom. The Balaban J connectivity index is 1.89. The zero-order valence-electron chi connectivity index (χ0n) is 9.02. The van der Waals surface area contributed by atoms with Gasteiger partial charge in [0.15, 0.2) is 0 Å². The standard InChI is InChI=1S/C8H9O.C6H5.Ce/c1-2-7-5-3-4-6-8(7)9;1-2-4-6-5-3-1;/h3-6,9H,1-2H2;1-5H;/q;;+1/p-1. The summed E-state index contributed by atoms with van der Waals surface area (Å²) in [5, 5.41) is 0. The Bertz CT molecular complexity index is 481. The first kappa shape index (κ1) is 10.8. The van der Waals surface area contributed by atoms with Crippen LogP contribution in [0.25, 0.3) is 0 Å². The molecule has 0 aromatic heterocycles. The molecular weight excluding hydrogens is 324 g/mol. The van der Waals surface area contributed by atoms with Gasteiger partial charge < -0.3 is 0 Å².